The van der Waals surface area contributed by atoms with E-state index in [9.17, 15) is 0 Å². The van der Waals surface area contributed by atoms with Gasteiger partial charge < -0.3 is 5.73 Å². The molecule has 2 aliphatic carbocycles. The molecule has 2 fully saturated rings. The van der Waals surface area contributed by atoms with E-state index in [0.29, 0.717) is 5.54 Å². The Kier molecular flexibility index (Phi) is 4.38. The van der Waals surface area contributed by atoms with Crippen LogP contribution in [0.4, 0.5) is 0 Å². The molecule has 2 heteroatoms. The van der Waals surface area contributed by atoms with E-state index in [1.54, 1.807) is 0 Å². The second-order valence-electron chi connectivity index (χ2n) is 7.37. The van der Waals surface area contributed by atoms with E-state index in [1.165, 1.54) is 38.6 Å². The summed E-state index contributed by atoms with van der Waals surface area (Å²) in [5.74, 6) is 2.36. The second-order valence-corrected chi connectivity index (χ2v) is 7.37. The van der Waals surface area contributed by atoms with Crippen LogP contribution in [0.25, 0.3) is 0 Å². The fourth-order valence-electron chi connectivity index (χ4n) is 3.99. The third kappa shape index (κ3) is 2.75. The van der Waals surface area contributed by atoms with Crippen molar-refractivity contribution in [2.45, 2.75) is 71.4 Å². The minimum absolute atomic E-state index is 0.295. The van der Waals surface area contributed by atoms with Crippen molar-refractivity contribution in [3.05, 3.63) is 0 Å². The van der Waals surface area contributed by atoms with Crippen molar-refractivity contribution in [1.82, 2.24) is 4.90 Å². The molecule has 0 bridgehead atoms. The molecule has 0 radical (unpaired) electrons. The van der Waals surface area contributed by atoms with Gasteiger partial charge in [-0.25, -0.2) is 0 Å². The molecule has 0 amide bonds. The summed E-state index contributed by atoms with van der Waals surface area (Å²) in [5, 5.41) is 0. The molecule has 0 spiro atoms. The summed E-state index contributed by atoms with van der Waals surface area (Å²) < 4.78 is 0. The van der Waals surface area contributed by atoms with E-state index >= 15 is 0 Å². The first-order valence-corrected chi connectivity index (χ1v) is 7.96. The number of hydrogen-bond donors (Lipinski definition) is 1. The van der Waals surface area contributed by atoms with E-state index in [0.717, 1.165) is 30.3 Å². The molecular weight excluding hydrogens is 220 g/mol. The summed E-state index contributed by atoms with van der Waals surface area (Å²) in [4.78, 5) is 2.82. The van der Waals surface area contributed by atoms with Gasteiger partial charge >= 0.3 is 0 Å². The van der Waals surface area contributed by atoms with E-state index in [2.05, 4.69) is 32.6 Å². The number of nitrogens with zero attached hydrogens (tertiary/aromatic N) is 1. The molecule has 18 heavy (non-hydrogen) atoms. The first-order chi connectivity index (χ1) is 8.49. The Hall–Kier alpha value is -0.0800. The molecule has 0 aromatic rings. The Bertz CT molecular complexity index is 272. The number of nitrogens with two attached hydrogens (primary N) is 1. The van der Waals surface area contributed by atoms with Gasteiger partial charge in [-0.15, -0.1) is 0 Å². The molecule has 3 atom stereocenters. The van der Waals surface area contributed by atoms with Crippen molar-refractivity contribution in [3.8, 4) is 0 Å². The van der Waals surface area contributed by atoms with Crippen LogP contribution in [0.2, 0.25) is 0 Å². The predicted molar refractivity (Wildman–Crippen MR) is 78.5 cm³/mol. The van der Waals surface area contributed by atoms with Crippen LogP contribution in [0.15, 0.2) is 0 Å². The van der Waals surface area contributed by atoms with Crippen molar-refractivity contribution in [2.75, 3.05) is 13.1 Å². The molecular formula is C16H32N2. The highest BCUT2D eigenvalue weighted by Gasteiger charge is 2.48. The minimum Gasteiger partial charge on any atom is -0.329 e. The normalized spacial score (nSPS) is 37.5. The van der Waals surface area contributed by atoms with Crippen LogP contribution < -0.4 is 5.73 Å². The first kappa shape index (κ1) is 14.3. The van der Waals surface area contributed by atoms with E-state index in [-0.39, 0.29) is 0 Å². The highest BCUT2D eigenvalue weighted by molar-refractivity contribution is 5.04. The number of rotatable bonds is 5. The Labute approximate surface area is 113 Å². The Balaban J connectivity index is 2.20. The van der Waals surface area contributed by atoms with Gasteiger partial charge in [-0.1, -0.05) is 34.1 Å². The van der Waals surface area contributed by atoms with E-state index < -0.39 is 0 Å². The van der Waals surface area contributed by atoms with Crippen LogP contribution in [-0.2, 0) is 0 Å². The summed E-state index contributed by atoms with van der Waals surface area (Å²) in [6.45, 7) is 11.6. The Morgan fingerprint density at radius 1 is 1.17 bits per heavy atom. The lowest BCUT2D eigenvalue weighted by Gasteiger charge is -2.52. The fraction of sp³-hybridized carbons (Fsp3) is 1.00. The van der Waals surface area contributed by atoms with Crippen molar-refractivity contribution in [2.24, 2.45) is 23.5 Å². The monoisotopic (exact) mass is 252 g/mol. The van der Waals surface area contributed by atoms with Gasteiger partial charge in [-0.2, -0.15) is 0 Å². The quantitative estimate of drug-likeness (QED) is 0.814. The average molecular weight is 252 g/mol. The molecule has 2 aliphatic rings. The maximum Gasteiger partial charge on any atom is 0.0362 e. The molecule has 0 heterocycles. The summed E-state index contributed by atoms with van der Waals surface area (Å²) in [6.07, 6.45) is 6.86. The number of hydrogen-bond acceptors (Lipinski definition) is 2. The molecule has 3 unspecified atom stereocenters. The molecule has 2 N–H and O–H groups in total. The minimum atomic E-state index is 0.295. The van der Waals surface area contributed by atoms with Crippen LogP contribution in [0.1, 0.15) is 59.8 Å². The predicted octanol–water partition coefficient (Wildman–Crippen LogP) is 3.26. The lowest BCUT2D eigenvalue weighted by Crippen LogP contribution is -2.61. The zero-order valence-corrected chi connectivity index (χ0v) is 12.8. The highest BCUT2D eigenvalue weighted by Crippen LogP contribution is 2.45. The summed E-state index contributed by atoms with van der Waals surface area (Å²) in [7, 11) is 0. The second kappa shape index (κ2) is 5.50. The first-order valence-electron chi connectivity index (χ1n) is 7.96. The summed E-state index contributed by atoms with van der Waals surface area (Å²) in [6, 6.07) is 0.837. The third-order valence-corrected chi connectivity index (χ3v) is 5.19. The summed E-state index contributed by atoms with van der Waals surface area (Å²) in [5.41, 5.74) is 6.59. The van der Waals surface area contributed by atoms with E-state index in [4.69, 9.17) is 5.73 Å². The Morgan fingerprint density at radius 3 is 2.33 bits per heavy atom. The van der Waals surface area contributed by atoms with Crippen LogP contribution >= 0.6 is 0 Å². The molecule has 0 aliphatic heterocycles. The van der Waals surface area contributed by atoms with Crippen molar-refractivity contribution in [3.63, 3.8) is 0 Å². The molecule has 2 nitrogen and oxygen atoms in total. The maximum absolute atomic E-state index is 6.29. The molecule has 2 saturated carbocycles. The fourth-order valence-corrected chi connectivity index (χ4v) is 3.99. The van der Waals surface area contributed by atoms with Crippen molar-refractivity contribution in [1.29, 1.82) is 0 Å². The lowest BCUT2D eigenvalue weighted by atomic mass is 9.68. The smallest absolute Gasteiger partial charge is 0.0362 e. The lowest BCUT2D eigenvalue weighted by molar-refractivity contribution is -0.0171. The van der Waals surface area contributed by atoms with Gasteiger partial charge in [0, 0.05) is 24.7 Å². The molecule has 106 valence electrons. The van der Waals surface area contributed by atoms with Crippen LogP contribution in [0.3, 0.4) is 0 Å². The zero-order chi connectivity index (χ0) is 13.3. The van der Waals surface area contributed by atoms with Crippen molar-refractivity contribution >= 4 is 0 Å². The molecule has 0 saturated heterocycles. The van der Waals surface area contributed by atoms with Gasteiger partial charge in [0.25, 0.3) is 0 Å². The standard InChI is InChI=1S/C16H32N2/c1-12(2)10-18(15-7-8-15)16(11-17)9-13(3)5-6-14(16)4/h12-15H,5-11,17H2,1-4H3. The van der Waals surface area contributed by atoms with Gasteiger partial charge in [-0.3, -0.25) is 4.90 Å². The molecule has 2 rings (SSSR count). The third-order valence-electron chi connectivity index (χ3n) is 5.19. The van der Waals surface area contributed by atoms with Gasteiger partial charge in [0.2, 0.25) is 0 Å². The summed E-state index contributed by atoms with van der Waals surface area (Å²) >= 11 is 0. The average Bonchev–Trinajstić information content (AvgIpc) is 3.13. The van der Waals surface area contributed by atoms with Crippen LogP contribution in [-0.4, -0.2) is 29.6 Å². The van der Waals surface area contributed by atoms with Crippen LogP contribution in [0.5, 0.6) is 0 Å². The molecule has 0 aromatic heterocycles. The topological polar surface area (TPSA) is 29.3 Å². The van der Waals surface area contributed by atoms with Crippen LogP contribution in [0, 0.1) is 17.8 Å². The highest BCUT2D eigenvalue weighted by atomic mass is 15.3. The van der Waals surface area contributed by atoms with Gasteiger partial charge in [0.05, 0.1) is 0 Å². The van der Waals surface area contributed by atoms with Gasteiger partial charge in [0.1, 0.15) is 0 Å². The largest absolute Gasteiger partial charge is 0.329 e. The van der Waals surface area contributed by atoms with Gasteiger partial charge in [0.15, 0.2) is 0 Å². The maximum atomic E-state index is 6.29. The Morgan fingerprint density at radius 2 is 1.83 bits per heavy atom. The van der Waals surface area contributed by atoms with Gasteiger partial charge in [-0.05, 0) is 43.4 Å². The molecule has 0 aromatic carbocycles. The SMILES string of the molecule is CC(C)CN(C1CC1)C1(CN)CC(C)CCC1C. The zero-order valence-electron chi connectivity index (χ0n) is 12.8. The van der Waals surface area contributed by atoms with E-state index in [1.807, 2.05) is 0 Å². The van der Waals surface area contributed by atoms with Crippen molar-refractivity contribution < 1.29 is 0 Å².